The van der Waals surface area contributed by atoms with Crippen molar-refractivity contribution in [3.8, 4) is 5.75 Å². The molecule has 0 aromatic heterocycles. The van der Waals surface area contributed by atoms with Crippen LogP contribution in [-0.2, 0) is 9.59 Å². The molecule has 0 fully saturated rings. The lowest BCUT2D eigenvalue weighted by atomic mass is 10.2. The molecule has 2 aromatic carbocycles. The van der Waals surface area contributed by atoms with E-state index in [1.165, 1.54) is 11.8 Å². The van der Waals surface area contributed by atoms with E-state index < -0.39 is 6.10 Å². The van der Waals surface area contributed by atoms with Crippen molar-refractivity contribution < 1.29 is 14.3 Å². The van der Waals surface area contributed by atoms with Crippen LogP contribution in [0, 0.1) is 0 Å². The predicted molar refractivity (Wildman–Crippen MR) is 96.0 cm³/mol. The third kappa shape index (κ3) is 4.01. The number of carbonyl (C=O) groups is 2. The van der Waals surface area contributed by atoms with E-state index in [2.05, 4.69) is 10.6 Å². The standard InChI is InChI=1S/C17H15ClN2O3S/c1-10-17(22)20-14-8-12(4-7-15(14)23-10)19-16(21)9-24-13-5-2-11(18)3-6-13/h2-8,10H,9H2,1H3,(H,19,21)(H,20,22). The Hall–Kier alpha value is -2.18. The number of benzene rings is 2. The molecule has 7 heteroatoms. The van der Waals surface area contributed by atoms with Gasteiger partial charge in [0.25, 0.3) is 5.91 Å². The number of halogens is 1. The van der Waals surface area contributed by atoms with Gasteiger partial charge in [-0.1, -0.05) is 11.6 Å². The fraction of sp³-hybridized carbons (Fsp3) is 0.176. The maximum absolute atomic E-state index is 12.1. The summed E-state index contributed by atoms with van der Waals surface area (Å²) in [6.07, 6.45) is -0.520. The van der Waals surface area contributed by atoms with Gasteiger partial charge in [-0.2, -0.15) is 0 Å². The second-order valence-corrected chi connectivity index (χ2v) is 6.74. The van der Waals surface area contributed by atoms with Crippen molar-refractivity contribution >= 4 is 46.6 Å². The first-order valence-corrected chi connectivity index (χ1v) is 8.67. The lowest BCUT2D eigenvalue weighted by Crippen LogP contribution is -2.34. The second-order valence-electron chi connectivity index (χ2n) is 5.25. The molecule has 2 N–H and O–H groups in total. The molecule has 1 unspecified atom stereocenters. The Morgan fingerprint density at radius 3 is 2.79 bits per heavy atom. The molecule has 0 aliphatic carbocycles. The SMILES string of the molecule is CC1Oc2ccc(NC(=O)CSc3ccc(Cl)cc3)cc2NC1=O. The molecule has 2 amide bonds. The quantitative estimate of drug-likeness (QED) is 0.812. The van der Waals surface area contributed by atoms with Crippen LogP contribution in [0.5, 0.6) is 5.75 Å². The number of ether oxygens (including phenoxy) is 1. The summed E-state index contributed by atoms with van der Waals surface area (Å²) in [6, 6.07) is 12.5. The molecular weight excluding hydrogens is 348 g/mol. The molecule has 2 aromatic rings. The number of hydrogen-bond acceptors (Lipinski definition) is 4. The third-order valence-corrected chi connectivity index (χ3v) is 4.64. The van der Waals surface area contributed by atoms with Gasteiger partial charge in [-0.3, -0.25) is 9.59 Å². The Kier molecular flexibility index (Phi) is 4.97. The van der Waals surface area contributed by atoms with Crippen LogP contribution in [0.3, 0.4) is 0 Å². The number of hydrogen-bond donors (Lipinski definition) is 2. The van der Waals surface area contributed by atoms with E-state index in [-0.39, 0.29) is 17.6 Å². The molecular formula is C17H15ClN2O3S. The summed E-state index contributed by atoms with van der Waals surface area (Å²) in [4.78, 5) is 24.7. The summed E-state index contributed by atoms with van der Waals surface area (Å²) in [7, 11) is 0. The maximum Gasteiger partial charge on any atom is 0.265 e. The van der Waals surface area contributed by atoms with Crippen molar-refractivity contribution in [2.45, 2.75) is 17.9 Å². The van der Waals surface area contributed by atoms with E-state index in [4.69, 9.17) is 16.3 Å². The summed E-state index contributed by atoms with van der Waals surface area (Å²) >= 11 is 7.25. The van der Waals surface area contributed by atoms with Crippen LogP contribution in [0.1, 0.15) is 6.92 Å². The molecule has 1 aliphatic rings. The Morgan fingerprint density at radius 2 is 2.04 bits per heavy atom. The van der Waals surface area contributed by atoms with E-state index in [0.717, 1.165) is 4.90 Å². The first-order chi connectivity index (χ1) is 11.5. The zero-order valence-electron chi connectivity index (χ0n) is 12.8. The summed E-state index contributed by atoms with van der Waals surface area (Å²) in [5.41, 5.74) is 1.16. The lowest BCUT2D eigenvalue weighted by molar-refractivity contribution is -0.122. The average molecular weight is 363 g/mol. The highest BCUT2D eigenvalue weighted by Gasteiger charge is 2.23. The normalized spacial score (nSPS) is 15.9. The van der Waals surface area contributed by atoms with Gasteiger partial charge in [0.15, 0.2) is 6.10 Å². The van der Waals surface area contributed by atoms with Crippen LogP contribution in [0.2, 0.25) is 5.02 Å². The van der Waals surface area contributed by atoms with E-state index in [1.807, 2.05) is 12.1 Å². The van der Waals surface area contributed by atoms with E-state index in [0.29, 0.717) is 22.1 Å². The summed E-state index contributed by atoms with van der Waals surface area (Å²) in [5.74, 6) is 0.532. The Bertz CT molecular complexity index is 780. The van der Waals surface area contributed by atoms with E-state index in [9.17, 15) is 9.59 Å². The first kappa shape index (κ1) is 16.7. The minimum atomic E-state index is -0.520. The molecule has 0 radical (unpaired) electrons. The number of rotatable bonds is 4. The molecule has 124 valence electrons. The van der Waals surface area contributed by atoms with Gasteiger partial charge in [-0.15, -0.1) is 11.8 Å². The van der Waals surface area contributed by atoms with Crippen LogP contribution in [0.25, 0.3) is 0 Å². The van der Waals surface area contributed by atoms with E-state index in [1.54, 1.807) is 37.3 Å². The minimum absolute atomic E-state index is 0.133. The molecule has 24 heavy (non-hydrogen) atoms. The Balaban J connectivity index is 1.59. The zero-order chi connectivity index (χ0) is 17.1. The fourth-order valence-corrected chi connectivity index (χ4v) is 2.99. The molecule has 0 saturated carbocycles. The summed E-state index contributed by atoms with van der Waals surface area (Å²) in [6.45, 7) is 1.68. The van der Waals surface area contributed by atoms with Gasteiger partial charge in [0, 0.05) is 15.6 Å². The predicted octanol–water partition coefficient (Wildman–Crippen LogP) is 3.79. The van der Waals surface area contributed by atoms with Gasteiger partial charge < -0.3 is 15.4 Å². The molecule has 0 saturated heterocycles. The van der Waals surface area contributed by atoms with Crippen LogP contribution < -0.4 is 15.4 Å². The second kappa shape index (κ2) is 7.15. The smallest absolute Gasteiger partial charge is 0.265 e. The molecule has 0 bridgehead atoms. The first-order valence-electron chi connectivity index (χ1n) is 7.31. The number of nitrogens with one attached hydrogen (secondary N) is 2. The highest BCUT2D eigenvalue weighted by Crippen LogP contribution is 2.32. The van der Waals surface area contributed by atoms with Crippen molar-refractivity contribution in [1.29, 1.82) is 0 Å². The lowest BCUT2D eigenvalue weighted by Gasteiger charge is -2.23. The van der Waals surface area contributed by atoms with Crippen LogP contribution in [-0.4, -0.2) is 23.7 Å². The molecule has 1 heterocycles. The van der Waals surface area contributed by atoms with Gasteiger partial charge >= 0.3 is 0 Å². The average Bonchev–Trinajstić information content (AvgIpc) is 2.56. The fourth-order valence-electron chi connectivity index (χ4n) is 2.16. The van der Waals surface area contributed by atoms with Gasteiger partial charge in [0.1, 0.15) is 5.75 Å². The van der Waals surface area contributed by atoms with Crippen molar-refractivity contribution in [2.75, 3.05) is 16.4 Å². The number of thioether (sulfide) groups is 1. The van der Waals surface area contributed by atoms with Gasteiger partial charge in [0.05, 0.1) is 11.4 Å². The number of anilines is 2. The van der Waals surface area contributed by atoms with E-state index >= 15 is 0 Å². The van der Waals surface area contributed by atoms with Crippen molar-refractivity contribution in [2.24, 2.45) is 0 Å². The van der Waals surface area contributed by atoms with Crippen LogP contribution >= 0.6 is 23.4 Å². The van der Waals surface area contributed by atoms with Crippen LogP contribution in [0.15, 0.2) is 47.4 Å². The van der Waals surface area contributed by atoms with Gasteiger partial charge in [-0.25, -0.2) is 0 Å². The number of fused-ring (bicyclic) bond motifs is 1. The number of carbonyl (C=O) groups excluding carboxylic acids is 2. The van der Waals surface area contributed by atoms with Crippen molar-refractivity contribution in [3.63, 3.8) is 0 Å². The summed E-state index contributed by atoms with van der Waals surface area (Å²) < 4.78 is 5.48. The molecule has 5 nitrogen and oxygen atoms in total. The maximum atomic E-state index is 12.1. The largest absolute Gasteiger partial charge is 0.479 e. The van der Waals surface area contributed by atoms with Gasteiger partial charge in [0.2, 0.25) is 5.91 Å². The monoisotopic (exact) mass is 362 g/mol. The number of amides is 2. The minimum Gasteiger partial charge on any atom is -0.479 e. The Labute approximate surface area is 148 Å². The highest BCUT2D eigenvalue weighted by atomic mass is 35.5. The van der Waals surface area contributed by atoms with Gasteiger partial charge in [-0.05, 0) is 49.4 Å². The topological polar surface area (TPSA) is 67.4 Å². The molecule has 3 rings (SSSR count). The summed E-state index contributed by atoms with van der Waals surface area (Å²) in [5, 5.41) is 6.22. The highest BCUT2D eigenvalue weighted by molar-refractivity contribution is 8.00. The third-order valence-electron chi connectivity index (χ3n) is 3.38. The molecule has 0 spiro atoms. The molecule has 1 aliphatic heterocycles. The molecule has 1 atom stereocenters. The van der Waals surface area contributed by atoms with Crippen LogP contribution in [0.4, 0.5) is 11.4 Å². The zero-order valence-corrected chi connectivity index (χ0v) is 14.4. The Morgan fingerprint density at radius 1 is 1.29 bits per heavy atom. The van der Waals surface area contributed by atoms with Crippen molar-refractivity contribution in [3.05, 3.63) is 47.5 Å². The van der Waals surface area contributed by atoms with Crippen molar-refractivity contribution in [1.82, 2.24) is 0 Å².